The molecule has 6 heteroatoms. The number of ether oxygens (including phenoxy) is 1. The molecule has 0 spiro atoms. The Hall–Kier alpha value is -2.47. The van der Waals surface area contributed by atoms with Gasteiger partial charge in [0.1, 0.15) is 5.75 Å². The molecule has 1 amide bonds. The molecule has 0 saturated carbocycles. The molecule has 0 unspecified atom stereocenters. The van der Waals surface area contributed by atoms with Crippen molar-refractivity contribution < 1.29 is 14.3 Å². The average Bonchev–Trinajstić information content (AvgIpc) is 3.11. The molecular weight excluding hydrogens is 348 g/mol. The topological polar surface area (TPSA) is 59.5 Å². The molecule has 0 aliphatic carbocycles. The van der Waals surface area contributed by atoms with E-state index in [1.807, 2.05) is 12.3 Å². The zero-order valence-corrected chi connectivity index (χ0v) is 15.8. The average molecular weight is 370 g/mol. The molecule has 1 aliphatic heterocycles. The second-order valence-electron chi connectivity index (χ2n) is 6.32. The number of aromatic nitrogens is 1. The summed E-state index contributed by atoms with van der Waals surface area (Å²) in [5.74, 6) is 0.834. The molecular formula is C20H22N2O3S. The third kappa shape index (κ3) is 4.38. The number of hydrogen-bond acceptors (Lipinski definition) is 5. The van der Waals surface area contributed by atoms with Crippen molar-refractivity contribution in [1.29, 1.82) is 0 Å². The number of carbonyl (C=O) groups excluding carboxylic acids is 2. The Kier molecular flexibility index (Phi) is 5.83. The van der Waals surface area contributed by atoms with Gasteiger partial charge in [-0.15, -0.1) is 11.3 Å². The van der Waals surface area contributed by atoms with Gasteiger partial charge in [0.05, 0.1) is 17.8 Å². The van der Waals surface area contributed by atoms with Crippen LogP contribution in [0.4, 0.5) is 0 Å². The van der Waals surface area contributed by atoms with E-state index in [1.54, 1.807) is 59.8 Å². The number of thiazole rings is 1. The molecule has 0 atom stereocenters. The van der Waals surface area contributed by atoms with Gasteiger partial charge in [-0.1, -0.05) is 0 Å². The molecule has 1 fully saturated rings. The predicted octanol–water partition coefficient (Wildman–Crippen LogP) is 3.59. The van der Waals surface area contributed by atoms with Gasteiger partial charge in [0.25, 0.3) is 0 Å². The van der Waals surface area contributed by atoms with Crippen molar-refractivity contribution in [2.75, 3.05) is 20.2 Å². The van der Waals surface area contributed by atoms with Gasteiger partial charge in [0.15, 0.2) is 5.78 Å². The standard InChI is InChI=1S/C20H22N2O3S/c1-14-21-17(13-26-14)5-8-19(23)22-11-9-16(10-12-22)20(24)15-3-6-18(25-2)7-4-15/h3-8,13,16H,9-12H2,1-2H3/b8-5+. The quantitative estimate of drug-likeness (QED) is 0.596. The van der Waals surface area contributed by atoms with Crippen molar-refractivity contribution in [3.63, 3.8) is 0 Å². The number of likely N-dealkylation sites (tertiary alicyclic amines) is 1. The Balaban J connectivity index is 1.53. The van der Waals surface area contributed by atoms with E-state index >= 15 is 0 Å². The van der Waals surface area contributed by atoms with Gasteiger partial charge < -0.3 is 9.64 Å². The molecule has 0 N–H and O–H groups in total. The lowest BCUT2D eigenvalue weighted by Gasteiger charge is -2.30. The van der Waals surface area contributed by atoms with Gasteiger partial charge in [-0.25, -0.2) is 4.98 Å². The highest BCUT2D eigenvalue weighted by Gasteiger charge is 2.27. The molecule has 1 aromatic carbocycles. The van der Waals surface area contributed by atoms with E-state index in [9.17, 15) is 9.59 Å². The highest BCUT2D eigenvalue weighted by Crippen LogP contribution is 2.23. The van der Waals surface area contributed by atoms with Crippen molar-refractivity contribution in [2.45, 2.75) is 19.8 Å². The molecule has 3 rings (SSSR count). The molecule has 2 aromatic rings. The van der Waals surface area contributed by atoms with Crippen molar-refractivity contribution >= 4 is 29.1 Å². The highest BCUT2D eigenvalue weighted by molar-refractivity contribution is 7.09. The Labute approximate surface area is 157 Å². The van der Waals surface area contributed by atoms with Gasteiger partial charge in [0, 0.05) is 36.0 Å². The number of ketones is 1. The first-order valence-corrected chi connectivity index (χ1v) is 9.52. The van der Waals surface area contributed by atoms with Crippen molar-refractivity contribution in [3.8, 4) is 5.75 Å². The summed E-state index contributed by atoms with van der Waals surface area (Å²) in [6, 6.07) is 7.21. The van der Waals surface area contributed by atoms with E-state index in [0.717, 1.165) is 16.5 Å². The third-order valence-corrected chi connectivity index (χ3v) is 5.38. The normalized spacial score (nSPS) is 15.4. The lowest BCUT2D eigenvalue weighted by atomic mass is 9.89. The third-order valence-electron chi connectivity index (χ3n) is 4.59. The Morgan fingerprint density at radius 2 is 1.92 bits per heavy atom. The maximum absolute atomic E-state index is 12.6. The number of hydrogen-bond donors (Lipinski definition) is 0. The molecule has 1 aliphatic rings. The summed E-state index contributed by atoms with van der Waals surface area (Å²) in [5, 5.41) is 2.91. The minimum absolute atomic E-state index is 0.0222. The van der Waals surface area contributed by atoms with Crippen LogP contribution in [0, 0.1) is 12.8 Å². The molecule has 0 bridgehead atoms. The second-order valence-corrected chi connectivity index (χ2v) is 7.38. The number of carbonyl (C=O) groups is 2. The van der Waals surface area contributed by atoms with E-state index in [2.05, 4.69) is 4.98 Å². The van der Waals surface area contributed by atoms with Gasteiger partial charge in [-0.3, -0.25) is 9.59 Å². The van der Waals surface area contributed by atoms with Gasteiger partial charge in [0.2, 0.25) is 5.91 Å². The molecule has 1 aromatic heterocycles. The molecule has 2 heterocycles. The van der Waals surface area contributed by atoms with E-state index in [4.69, 9.17) is 4.74 Å². The summed E-state index contributed by atoms with van der Waals surface area (Å²) >= 11 is 1.56. The highest BCUT2D eigenvalue weighted by atomic mass is 32.1. The summed E-state index contributed by atoms with van der Waals surface area (Å²) in [5.41, 5.74) is 1.51. The zero-order chi connectivity index (χ0) is 18.5. The number of aryl methyl sites for hydroxylation is 1. The first-order chi connectivity index (χ1) is 12.6. The molecule has 5 nitrogen and oxygen atoms in total. The monoisotopic (exact) mass is 370 g/mol. The van der Waals surface area contributed by atoms with E-state index in [1.165, 1.54) is 0 Å². The van der Waals surface area contributed by atoms with Crippen LogP contribution < -0.4 is 4.74 Å². The minimum Gasteiger partial charge on any atom is -0.497 e. The summed E-state index contributed by atoms with van der Waals surface area (Å²) in [4.78, 5) is 31.1. The zero-order valence-electron chi connectivity index (χ0n) is 15.0. The van der Waals surface area contributed by atoms with Crippen LogP contribution in [-0.4, -0.2) is 41.8 Å². The summed E-state index contributed by atoms with van der Waals surface area (Å²) in [6.45, 7) is 3.14. The van der Waals surface area contributed by atoms with E-state index in [-0.39, 0.29) is 17.6 Å². The molecule has 1 saturated heterocycles. The molecule has 136 valence electrons. The summed E-state index contributed by atoms with van der Waals surface area (Å²) < 4.78 is 5.13. The maximum Gasteiger partial charge on any atom is 0.246 e. The van der Waals surface area contributed by atoms with E-state index < -0.39 is 0 Å². The first-order valence-electron chi connectivity index (χ1n) is 8.64. The van der Waals surface area contributed by atoms with Crippen molar-refractivity contribution in [2.24, 2.45) is 5.92 Å². The number of piperidine rings is 1. The van der Waals surface area contributed by atoms with Crippen molar-refractivity contribution in [1.82, 2.24) is 9.88 Å². The smallest absolute Gasteiger partial charge is 0.246 e. The van der Waals surface area contributed by atoms with Crippen LogP contribution in [0.25, 0.3) is 6.08 Å². The summed E-state index contributed by atoms with van der Waals surface area (Å²) in [7, 11) is 1.60. The Bertz CT molecular complexity index is 803. The van der Waals surface area contributed by atoms with Crippen LogP contribution in [0.1, 0.15) is 33.9 Å². The van der Waals surface area contributed by atoms with Crippen LogP contribution in [-0.2, 0) is 4.79 Å². The van der Waals surface area contributed by atoms with E-state index in [0.29, 0.717) is 31.5 Å². The van der Waals surface area contributed by atoms with Crippen LogP contribution in [0.15, 0.2) is 35.7 Å². The fourth-order valence-electron chi connectivity index (χ4n) is 3.07. The number of nitrogens with zero attached hydrogens (tertiary/aromatic N) is 2. The predicted molar refractivity (Wildman–Crippen MR) is 103 cm³/mol. The van der Waals surface area contributed by atoms with Crippen LogP contribution in [0.3, 0.4) is 0 Å². The minimum atomic E-state index is -0.0300. The number of rotatable bonds is 5. The van der Waals surface area contributed by atoms with Crippen LogP contribution >= 0.6 is 11.3 Å². The van der Waals surface area contributed by atoms with Crippen molar-refractivity contribution in [3.05, 3.63) is 52.0 Å². The van der Waals surface area contributed by atoms with Crippen LogP contribution in [0.2, 0.25) is 0 Å². The lowest BCUT2D eigenvalue weighted by Crippen LogP contribution is -2.39. The maximum atomic E-state index is 12.6. The SMILES string of the molecule is COc1ccc(C(=O)C2CCN(C(=O)/C=C/c3csc(C)n3)CC2)cc1. The first kappa shape index (κ1) is 18.3. The Morgan fingerprint density at radius 1 is 1.23 bits per heavy atom. The molecule has 26 heavy (non-hydrogen) atoms. The largest absolute Gasteiger partial charge is 0.497 e. The number of amides is 1. The fraction of sp³-hybridized carbons (Fsp3) is 0.350. The number of benzene rings is 1. The Morgan fingerprint density at radius 3 is 2.50 bits per heavy atom. The number of methoxy groups -OCH3 is 1. The fourth-order valence-corrected chi connectivity index (χ4v) is 3.65. The lowest BCUT2D eigenvalue weighted by molar-refractivity contribution is -0.127. The van der Waals surface area contributed by atoms with Crippen LogP contribution in [0.5, 0.6) is 5.75 Å². The second kappa shape index (κ2) is 8.27. The number of Topliss-reactive ketones (excluding diaryl/α,β-unsaturated/α-hetero) is 1. The van der Waals surface area contributed by atoms with Gasteiger partial charge >= 0.3 is 0 Å². The van der Waals surface area contributed by atoms with Gasteiger partial charge in [-0.2, -0.15) is 0 Å². The summed E-state index contributed by atoms with van der Waals surface area (Å²) in [6.07, 6.45) is 4.71. The molecule has 0 radical (unpaired) electrons. The van der Waals surface area contributed by atoms with Gasteiger partial charge in [-0.05, 0) is 50.1 Å².